The minimum Gasteiger partial charge on any atom is -0.459 e. The third-order valence-electron chi connectivity index (χ3n) is 3.38. The minimum absolute atomic E-state index is 0.357. The molecule has 1 aromatic rings. The van der Waals surface area contributed by atoms with Gasteiger partial charge in [-0.15, -0.1) is 0 Å². The van der Waals surface area contributed by atoms with Crippen molar-refractivity contribution in [2.75, 3.05) is 6.54 Å². The number of esters is 1. The highest BCUT2D eigenvalue weighted by molar-refractivity contribution is 6.06. The summed E-state index contributed by atoms with van der Waals surface area (Å²) in [4.78, 5) is 36.9. The summed E-state index contributed by atoms with van der Waals surface area (Å²) < 4.78 is 5.15. The molecule has 1 saturated heterocycles. The number of imide groups is 1. The van der Waals surface area contributed by atoms with Crippen molar-refractivity contribution in [3.8, 4) is 0 Å². The Hall–Kier alpha value is -2.37. The molecule has 1 aliphatic heterocycles. The van der Waals surface area contributed by atoms with Crippen molar-refractivity contribution in [2.24, 2.45) is 0 Å². The molecule has 6 nitrogen and oxygen atoms in total. The van der Waals surface area contributed by atoms with Crippen molar-refractivity contribution < 1.29 is 19.1 Å². The molecule has 0 saturated carbocycles. The summed E-state index contributed by atoms with van der Waals surface area (Å²) in [6, 6.07) is 8.59. The van der Waals surface area contributed by atoms with E-state index < -0.39 is 23.6 Å². The van der Waals surface area contributed by atoms with Crippen LogP contribution in [0.15, 0.2) is 30.3 Å². The molecule has 0 aliphatic carbocycles. The fourth-order valence-corrected chi connectivity index (χ4v) is 2.38. The standard InChI is InChI=1S/C17H22N2O4/c1-17(2,3)23-14(20)11-19-15(21)13(18-16(19)22)10-9-12-7-5-4-6-8-12/h4-8,13H,9-11H2,1-3H3,(H,18,22). The predicted octanol–water partition coefficient (Wildman–Crippen LogP) is 1.88. The van der Waals surface area contributed by atoms with Crippen LogP contribution in [0.25, 0.3) is 0 Å². The van der Waals surface area contributed by atoms with Crippen LogP contribution in [0.3, 0.4) is 0 Å². The van der Waals surface area contributed by atoms with Crippen molar-refractivity contribution in [2.45, 2.75) is 45.3 Å². The Labute approximate surface area is 135 Å². The highest BCUT2D eigenvalue weighted by atomic mass is 16.6. The molecular weight excluding hydrogens is 296 g/mol. The first-order valence-corrected chi connectivity index (χ1v) is 7.64. The molecule has 1 atom stereocenters. The SMILES string of the molecule is CC(C)(C)OC(=O)CN1C(=O)NC(CCc2ccccc2)C1=O. The lowest BCUT2D eigenvalue weighted by atomic mass is 10.1. The van der Waals surface area contributed by atoms with Gasteiger partial charge in [-0.05, 0) is 39.2 Å². The lowest BCUT2D eigenvalue weighted by molar-refractivity contribution is -0.157. The third kappa shape index (κ3) is 4.81. The van der Waals surface area contributed by atoms with Gasteiger partial charge in [0.1, 0.15) is 18.2 Å². The Bertz CT molecular complexity index is 592. The molecule has 0 aromatic heterocycles. The molecule has 1 fully saturated rings. The van der Waals surface area contributed by atoms with Crippen LogP contribution < -0.4 is 5.32 Å². The lowest BCUT2D eigenvalue weighted by Gasteiger charge is -2.21. The van der Waals surface area contributed by atoms with Gasteiger partial charge in [0.2, 0.25) is 0 Å². The minimum atomic E-state index is -0.650. The van der Waals surface area contributed by atoms with Crippen LogP contribution >= 0.6 is 0 Å². The maximum Gasteiger partial charge on any atom is 0.326 e. The Morgan fingerprint density at radius 2 is 1.87 bits per heavy atom. The van der Waals surface area contributed by atoms with Gasteiger partial charge in [-0.3, -0.25) is 14.5 Å². The second-order valence-electron chi connectivity index (χ2n) is 6.54. The van der Waals surface area contributed by atoms with Gasteiger partial charge < -0.3 is 10.1 Å². The fraction of sp³-hybridized carbons (Fsp3) is 0.471. The molecule has 124 valence electrons. The van der Waals surface area contributed by atoms with E-state index in [4.69, 9.17) is 4.74 Å². The number of ether oxygens (including phenoxy) is 1. The summed E-state index contributed by atoms with van der Waals surface area (Å²) in [5.74, 6) is -0.971. The van der Waals surface area contributed by atoms with Crippen LogP contribution in [0.1, 0.15) is 32.8 Å². The van der Waals surface area contributed by atoms with Gasteiger partial charge in [0, 0.05) is 0 Å². The van der Waals surface area contributed by atoms with E-state index in [1.807, 2.05) is 30.3 Å². The number of urea groups is 1. The number of nitrogens with one attached hydrogen (secondary N) is 1. The first kappa shape index (κ1) is 17.0. The molecule has 3 amide bonds. The van der Waals surface area contributed by atoms with Gasteiger partial charge in [0.05, 0.1) is 0 Å². The summed E-state index contributed by atoms with van der Waals surface area (Å²) in [5, 5.41) is 2.62. The quantitative estimate of drug-likeness (QED) is 0.664. The monoisotopic (exact) mass is 318 g/mol. The molecule has 0 spiro atoms. The Kier molecular flexibility index (Phi) is 5.03. The summed E-state index contributed by atoms with van der Waals surface area (Å²) in [6.07, 6.45) is 1.18. The number of nitrogens with zero attached hydrogens (tertiary/aromatic N) is 1. The zero-order valence-electron chi connectivity index (χ0n) is 13.7. The Balaban J connectivity index is 1.90. The molecule has 1 unspecified atom stereocenters. The van der Waals surface area contributed by atoms with Crippen LogP contribution in [0.4, 0.5) is 4.79 Å². The first-order valence-electron chi connectivity index (χ1n) is 7.64. The summed E-state index contributed by atoms with van der Waals surface area (Å²) in [6.45, 7) is 4.85. The summed E-state index contributed by atoms with van der Waals surface area (Å²) in [5.41, 5.74) is 0.448. The number of carbonyl (C=O) groups is 3. The van der Waals surface area contributed by atoms with E-state index in [0.717, 1.165) is 10.5 Å². The Morgan fingerprint density at radius 3 is 2.48 bits per heavy atom. The van der Waals surface area contributed by atoms with E-state index in [2.05, 4.69) is 5.32 Å². The molecule has 1 N–H and O–H groups in total. The maximum atomic E-state index is 12.3. The van der Waals surface area contributed by atoms with Crippen LogP contribution in [-0.2, 0) is 20.7 Å². The largest absolute Gasteiger partial charge is 0.459 e. The first-order chi connectivity index (χ1) is 10.8. The summed E-state index contributed by atoms with van der Waals surface area (Å²) >= 11 is 0. The number of rotatable bonds is 5. The second-order valence-corrected chi connectivity index (χ2v) is 6.54. The fourth-order valence-electron chi connectivity index (χ4n) is 2.38. The molecule has 2 rings (SSSR count). The maximum absolute atomic E-state index is 12.3. The second kappa shape index (κ2) is 6.81. The van der Waals surface area contributed by atoms with Gasteiger partial charge in [0.15, 0.2) is 0 Å². The van der Waals surface area contributed by atoms with Crippen molar-refractivity contribution in [1.82, 2.24) is 10.2 Å². The Morgan fingerprint density at radius 1 is 1.22 bits per heavy atom. The number of carbonyl (C=O) groups excluding carboxylic acids is 3. The molecule has 6 heteroatoms. The van der Waals surface area contributed by atoms with Gasteiger partial charge in [0.25, 0.3) is 5.91 Å². The molecule has 0 radical (unpaired) electrons. The van der Waals surface area contributed by atoms with Crippen molar-refractivity contribution >= 4 is 17.9 Å². The van der Waals surface area contributed by atoms with Crippen LogP contribution in [0.5, 0.6) is 0 Å². The van der Waals surface area contributed by atoms with Gasteiger partial charge in [-0.2, -0.15) is 0 Å². The smallest absolute Gasteiger partial charge is 0.326 e. The number of hydrogen-bond acceptors (Lipinski definition) is 4. The van der Waals surface area contributed by atoms with Crippen molar-refractivity contribution in [3.63, 3.8) is 0 Å². The van der Waals surface area contributed by atoms with Gasteiger partial charge in [-0.25, -0.2) is 4.79 Å². The van der Waals surface area contributed by atoms with Crippen LogP contribution in [0, 0.1) is 0 Å². The molecule has 0 bridgehead atoms. The van der Waals surface area contributed by atoms with E-state index in [-0.39, 0.29) is 12.5 Å². The van der Waals surface area contributed by atoms with E-state index in [1.54, 1.807) is 20.8 Å². The highest BCUT2D eigenvalue weighted by Crippen LogP contribution is 2.14. The highest BCUT2D eigenvalue weighted by Gasteiger charge is 2.39. The topological polar surface area (TPSA) is 75.7 Å². The van der Waals surface area contributed by atoms with Crippen molar-refractivity contribution in [3.05, 3.63) is 35.9 Å². The van der Waals surface area contributed by atoms with Crippen LogP contribution in [0.2, 0.25) is 0 Å². The number of aryl methyl sites for hydroxylation is 1. The van der Waals surface area contributed by atoms with E-state index >= 15 is 0 Å². The van der Waals surface area contributed by atoms with Gasteiger partial charge >= 0.3 is 12.0 Å². The number of benzene rings is 1. The number of hydrogen-bond donors (Lipinski definition) is 1. The van der Waals surface area contributed by atoms with Crippen LogP contribution in [-0.4, -0.2) is 41.0 Å². The average Bonchev–Trinajstić information content (AvgIpc) is 2.72. The zero-order chi connectivity index (χ0) is 17.0. The normalized spacial score (nSPS) is 18.0. The molecule has 23 heavy (non-hydrogen) atoms. The van der Waals surface area contributed by atoms with E-state index in [1.165, 1.54) is 0 Å². The molecule has 1 aliphatic rings. The van der Waals surface area contributed by atoms with E-state index in [0.29, 0.717) is 12.8 Å². The molecular formula is C17H22N2O4. The van der Waals surface area contributed by atoms with E-state index in [9.17, 15) is 14.4 Å². The zero-order valence-corrected chi connectivity index (χ0v) is 13.7. The number of amides is 3. The lowest BCUT2D eigenvalue weighted by Crippen LogP contribution is -2.39. The average molecular weight is 318 g/mol. The summed E-state index contributed by atoms with van der Waals surface area (Å²) in [7, 11) is 0. The third-order valence-corrected chi connectivity index (χ3v) is 3.38. The van der Waals surface area contributed by atoms with Crippen molar-refractivity contribution in [1.29, 1.82) is 0 Å². The molecule has 1 aromatic carbocycles. The molecule has 1 heterocycles. The van der Waals surface area contributed by atoms with Gasteiger partial charge in [-0.1, -0.05) is 30.3 Å². The predicted molar refractivity (Wildman–Crippen MR) is 84.6 cm³/mol.